The highest BCUT2D eigenvalue weighted by molar-refractivity contribution is 6.42. The number of urea groups is 1. The van der Waals surface area contributed by atoms with Crippen LogP contribution in [0.3, 0.4) is 0 Å². The number of nitrogens with one attached hydrogen (secondary N) is 1. The first-order chi connectivity index (χ1) is 14.4. The Balaban J connectivity index is 1.32. The lowest BCUT2D eigenvalue weighted by molar-refractivity contribution is 0.107. The van der Waals surface area contributed by atoms with Gasteiger partial charge in [0.25, 0.3) is 0 Å². The first kappa shape index (κ1) is 21.5. The smallest absolute Gasteiger partial charge is 0.317 e. The van der Waals surface area contributed by atoms with Crippen LogP contribution in [-0.2, 0) is 13.1 Å². The van der Waals surface area contributed by atoms with Crippen molar-refractivity contribution in [2.24, 2.45) is 5.41 Å². The molecule has 1 atom stereocenters. The van der Waals surface area contributed by atoms with E-state index in [0.29, 0.717) is 16.6 Å². The number of aryl methyl sites for hydroxylation is 1. The Morgan fingerprint density at radius 2 is 1.77 bits per heavy atom. The molecular weight excluding hydrogens is 417 g/mol. The minimum atomic E-state index is 0.0533. The molecule has 4 nitrogen and oxygen atoms in total. The number of hydrogen-bond donors (Lipinski definition) is 1. The average Bonchev–Trinajstić information content (AvgIpc) is 3.11. The van der Waals surface area contributed by atoms with Crippen LogP contribution in [0, 0.1) is 12.3 Å². The number of piperidine rings is 1. The van der Waals surface area contributed by atoms with Crippen molar-refractivity contribution in [3.8, 4) is 0 Å². The molecule has 160 valence electrons. The summed E-state index contributed by atoms with van der Waals surface area (Å²) in [7, 11) is 0. The fraction of sp³-hybridized carbons (Fsp3) is 0.458. The number of nitrogens with zero attached hydrogens (tertiary/aromatic N) is 2. The molecule has 0 saturated carbocycles. The van der Waals surface area contributed by atoms with E-state index in [1.165, 1.54) is 17.5 Å². The quantitative estimate of drug-likeness (QED) is 0.673. The Hall–Kier alpha value is -1.75. The maximum Gasteiger partial charge on any atom is 0.317 e. The van der Waals surface area contributed by atoms with Crippen LogP contribution in [0.25, 0.3) is 0 Å². The van der Waals surface area contributed by atoms with E-state index in [0.717, 1.165) is 51.1 Å². The standard InChI is InChI=1S/C24H29Cl2N3O/c1-18-3-5-19(6-4-18)14-27-23(30)29-11-2-9-24(17-29)10-12-28(16-24)15-20-7-8-21(25)22(26)13-20/h3-8,13H,2,9-12,14-17H2,1H3,(H,27,30)/t24-/m0/s1. The Kier molecular flexibility index (Phi) is 6.57. The largest absolute Gasteiger partial charge is 0.334 e. The zero-order valence-electron chi connectivity index (χ0n) is 17.5. The Labute approximate surface area is 189 Å². The highest BCUT2D eigenvalue weighted by atomic mass is 35.5. The summed E-state index contributed by atoms with van der Waals surface area (Å²) >= 11 is 12.2. The summed E-state index contributed by atoms with van der Waals surface area (Å²) in [4.78, 5) is 17.3. The van der Waals surface area contributed by atoms with Gasteiger partial charge in [-0.05, 0) is 56.0 Å². The van der Waals surface area contributed by atoms with Crippen molar-refractivity contribution in [2.75, 3.05) is 26.2 Å². The third-order valence-electron chi connectivity index (χ3n) is 6.42. The van der Waals surface area contributed by atoms with Crippen LogP contribution in [0.5, 0.6) is 0 Å². The summed E-state index contributed by atoms with van der Waals surface area (Å²) in [5.41, 5.74) is 3.75. The molecule has 0 bridgehead atoms. The van der Waals surface area contributed by atoms with Crippen LogP contribution < -0.4 is 5.32 Å². The van der Waals surface area contributed by atoms with Gasteiger partial charge in [-0.2, -0.15) is 0 Å². The van der Waals surface area contributed by atoms with Gasteiger partial charge in [-0.15, -0.1) is 0 Å². The molecular formula is C24H29Cl2N3O. The summed E-state index contributed by atoms with van der Waals surface area (Å²) in [6, 6.07) is 14.2. The van der Waals surface area contributed by atoms with Gasteiger partial charge in [-0.3, -0.25) is 4.90 Å². The summed E-state index contributed by atoms with van der Waals surface area (Å²) in [5, 5.41) is 4.31. The Bertz CT molecular complexity index is 902. The number of halogens is 2. The summed E-state index contributed by atoms with van der Waals surface area (Å²) in [6.07, 6.45) is 3.39. The zero-order chi connectivity index (χ0) is 21.1. The van der Waals surface area contributed by atoms with Gasteiger partial charge < -0.3 is 10.2 Å². The summed E-state index contributed by atoms with van der Waals surface area (Å²) in [5.74, 6) is 0. The summed E-state index contributed by atoms with van der Waals surface area (Å²) in [6.45, 7) is 7.28. The highest BCUT2D eigenvalue weighted by Crippen LogP contribution is 2.39. The second-order valence-electron chi connectivity index (χ2n) is 8.88. The lowest BCUT2D eigenvalue weighted by Crippen LogP contribution is -2.50. The number of carbonyl (C=O) groups excluding carboxylic acids is 1. The molecule has 0 aliphatic carbocycles. The van der Waals surface area contributed by atoms with Crippen molar-refractivity contribution in [2.45, 2.75) is 39.3 Å². The van der Waals surface area contributed by atoms with Crippen molar-refractivity contribution in [3.63, 3.8) is 0 Å². The molecule has 0 radical (unpaired) electrons. The molecule has 30 heavy (non-hydrogen) atoms. The van der Waals surface area contributed by atoms with E-state index in [-0.39, 0.29) is 11.4 Å². The van der Waals surface area contributed by atoms with E-state index in [4.69, 9.17) is 23.2 Å². The first-order valence-electron chi connectivity index (χ1n) is 10.7. The van der Waals surface area contributed by atoms with E-state index in [1.54, 1.807) is 0 Å². The molecule has 1 spiro atoms. The second kappa shape index (κ2) is 9.17. The molecule has 2 amide bonds. The molecule has 2 aliphatic rings. The molecule has 2 aromatic rings. The topological polar surface area (TPSA) is 35.6 Å². The van der Waals surface area contributed by atoms with Crippen LogP contribution >= 0.6 is 23.2 Å². The van der Waals surface area contributed by atoms with Crippen molar-refractivity contribution in [3.05, 3.63) is 69.2 Å². The molecule has 0 aromatic heterocycles. The van der Waals surface area contributed by atoms with Gasteiger partial charge in [0, 0.05) is 38.1 Å². The lowest BCUT2D eigenvalue weighted by Gasteiger charge is -2.40. The van der Waals surface area contributed by atoms with Gasteiger partial charge in [0.05, 0.1) is 10.0 Å². The van der Waals surface area contributed by atoms with Gasteiger partial charge in [0.15, 0.2) is 0 Å². The van der Waals surface area contributed by atoms with E-state index >= 15 is 0 Å². The molecule has 2 heterocycles. The second-order valence-corrected chi connectivity index (χ2v) is 9.69. The van der Waals surface area contributed by atoms with Crippen LogP contribution in [0.4, 0.5) is 4.79 Å². The minimum absolute atomic E-state index is 0.0533. The van der Waals surface area contributed by atoms with Crippen LogP contribution in [0.15, 0.2) is 42.5 Å². The van der Waals surface area contributed by atoms with Crippen molar-refractivity contribution in [1.29, 1.82) is 0 Å². The van der Waals surface area contributed by atoms with Crippen LogP contribution in [0.1, 0.15) is 36.0 Å². The number of benzene rings is 2. The predicted molar refractivity (Wildman–Crippen MR) is 123 cm³/mol. The Morgan fingerprint density at radius 3 is 2.53 bits per heavy atom. The highest BCUT2D eigenvalue weighted by Gasteiger charge is 2.42. The van der Waals surface area contributed by atoms with Gasteiger partial charge in [0.2, 0.25) is 0 Å². The van der Waals surface area contributed by atoms with Gasteiger partial charge in [0.1, 0.15) is 0 Å². The number of hydrogen-bond acceptors (Lipinski definition) is 2. The Morgan fingerprint density at radius 1 is 1.00 bits per heavy atom. The number of rotatable bonds is 4. The fourth-order valence-corrected chi connectivity index (χ4v) is 5.09. The maximum absolute atomic E-state index is 12.8. The van der Waals surface area contributed by atoms with Gasteiger partial charge >= 0.3 is 6.03 Å². The first-order valence-corrected chi connectivity index (χ1v) is 11.4. The third-order valence-corrected chi connectivity index (χ3v) is 7.16. The fourth-order valence-electron chi connectivity index (χ4n) is 4.77. The van der Waals surface area contributed by atoms with Crippen molar-refractivity contribution >= 4 is 29.2 Å². The maximum atomic E-state index is 12.8. The summed E-state index contributed by atoms with van der Waals surface area (Å²) < 4.78 is 0. The van der Waals surface area contributed by atoms with E-state index in [2.05, 4.69) is 41.4 Å². The number of likely N-dealkylation sites (tertiary alicyclic amines) is 2. The molecule has 6 heteroatoms. The molecule has 1 N–H and O–H groups in total. The zero-order valence-corrected chi connectivity index (χ0v) is 19.0. The number of amides is 2. The van der Waals surface area contributed by atoms with E-state index in [9.17, 15) is 4.79 Å². The van der Waals surface area contributed by atoms with Crippen molar-refractivity contribution in [1.82, 2.24) is 15.1 Å². The van der Waals surface area contributed by atoms with Gasteiger partial charge in [-0.1, -0.05) is 59.1 Å². The normalized spacial score (nSPS) is 21.9. The van der Waals surface area contributed by atoms with E-state index in [1.807, 2.05) is 23.1 Å². The molecule has 0 unspecified atom stereocenters. The van der Waals surface area contributed by atoms with Crippen LogP contribution in [0.2, 0.25) is 10.0 Å². The lowest BCUT2D eigenvalue weighted by atomic mass is 9.79. The molecule has 2 saturated heterocycles. The predicted octanol–water partition coefficient (Wildman–Crippen LogP) is 5.50. The monoisotopic (exact) mass is 445 g/mol. The SMILES string of the molecule is Cc1ccc(CNC(=O)N2CCC[C@@]3(CCN(Cc4ccc(Cl)c(Cl)c4)C3)C2)cc1. The van der Waals surface area contributed by atoms with E-state index < -0.39 is 0 Å². The minimum Gasteiger partial charge on any atom is -0.334 e. The van der Waals surface area contributed by atoms with Crippen molar-refractivity contribution < 1.29 is 4.79 Å². The molecule has 2 aromatic carbocycles. The van der Waals surface area contributed by atoms with Crippen LogP contribution in [-0.4, -0.2) is 42.0 Å². The third kappa shape index (κ3) is 5.11. The molecule has 4 rings (SSSR count). The molecule has 2 fully saturated rings. The average molecular weight is 446 g/mol. The van der Waals surface area contributed by atoms with Gasteiger partial charge in [-0.25, -0.2) is 4.79 Å². The number of carbonyl (C=O) groups is 1. The molecule has 2 aliphatic heterocycles.